The number of rotatable bonds is 2. The van der Waals surface area contributed by atoms with Crippen molar-refractivity contribution in [3.8, 4) is 17.0 Å². The van der Waals surface area contributed by atoms with Crippen LogP contribution in [0.25, 0.3) is 11.3 Å². The normalized spacial score (nSPS) is 18.3. The highest BCUT2D eigenvalue weighted by Crippen LogP contribution is 2.37. The summed E-state index contributed by atoms with van der Waals surface area (Å²) in [5.41, 5.74) is 2.14. The number of fused-ring (bicyclic) bond motifs is 2. The molecule has 7 nitrogen and oxygen atoms in total. The summed E-state index contributed by atoms with van der Waals surface area (Å²) < 4.78 is 7.60. The monoisotopic (exact) mass is 369 g/mol. The summed E-state index contributed by atoms with van der Waals surface area (Å²) >= 11 is 0. The Morgan fingerprint density at radius 2 is 1.89 bits per heavy atom. The van der Waals surface area contributed by atoms with Crippen molar-refractivity contribution >= 4 is 6.03 Å². The molecular weight excluding hydrogens is 342 g/mol. The summed E-state index contributed by atoms with van der Waals surface area (Å²) in [6.45, 7) is 3.30. The number of methoxy groups -OCH3 is 1. The van der Waals surface area contributed by atoms with E-state index in [2.05, 4.69) is 22.0 Å². The van der Waals surface area contributed by atoms with Crippen LogP contribution in [0.15, 0.2) is 30.5 Å². The first-order valence-electron chi connectivity index (χ1n) is 9.46. The second-order valence-electron chi connectivity index (χ2n) is 7.52. The SMILES string of the molecule is COc1ccc(-c2cnc3n2CCNC32CCN(C(=O)N(C)C)CC2)cc1. The molecule has 1 fully saturated rings. The number of hydrogen-bond acceptors (Lipinski definition) is 4. The number of urea groups is 1. The van der Waals surface area contributed by atoms with Gasteiger partial charge in [0.05, 0.1) is 24.5 Å². The lowest BCUT2D eigenvalue weighted by atomic mass is 9.85. The first-order chi connectivity index (χ1) is 13.0. The van der Waals surface area contributed by atoms with E-state index in [-0.39, 0.29) is 11.6 Å². The zero-order valence-corrected chi connectivity index (χ0v) is 16.2. The summed E-state index contributed by atoms with van der Waals surface area (Å²) in [5.74, 6) is 1.95. The van der Waals surface area contributed by atoms with Crippen molar-refractivity contribution < 1.29 is 9.53 Å². The molecule has 1 N–H and O–H groups in total. The maximum Gasteiger partial charge on any atom is 0.319 e. The number of likely N-dealkylation sites (tertiary alicyclic amines) is 1. The van der Waals surface area contributed by atoms with Gasteiger partial charge in [-0.05, 0) is 37.1 Å². The lowest BCUT2D eigenvalue weighted by Gasteiger charge is -2.45. The smallest absolute Gasteiger partial charge is 0.319 e. The standard InChI is InChI=1S/C20H27N5O2/c1-23(2)19(26)24-11-8-20(9-12-24)18-21-14-17(25(18)13-10-22-20)15-4-6-16(27-3)7-5-15/h4-7,14,22H,8-13H2,1-3H3. The minimum absolute atomic E-state index is 0.0860. The van der Waals surface area contributed by atoms with Crippen LogP contribution >= 0.6 is 0 Å². The highest BCUT2D eigenvalue weighted by Gasteiger charge is 2.42. The maximum absolute atomic E-state index is 12.3. The highest BCUT2D eigenvalue weighted by atomic mass is 16.5. The summed E-state index contributed by atoms with van der Waals surface area (Å²) in [6, 6.07) is 8.21. The number of ether oxygens (including phenoxy) is 1. The molecule has 2 aromatic rings. The molecule has 2 aliphatic rings. The van der Waals surface area contributed by atoms with Gasteiger partial charge in [-0.3, -0.25) is 0 Å². The Labute approximate surface area is 159 Å². The minimum Gasteiger partial charge on any atom is -0.497 e. The van der Waals surface area contributed by atoms with Crippen LogP contribution in [-0.4, -0.2) is 66.2 Å². The van der Waals surface area contributed by atoms with Crippen LogP contribution in [-0.2, 0) is 12.1 Å². The highest BCUT2D eigenvalue weighted by molar-refractivity contribution is 5.74. The second kappa shape index (κ2) is 6.88. The summed E-state index contributed by atoms with van der Waals surface area (Å²) in [7, 11) is 5.29. The van der Waals surface area contributed by atoms with Gasteiger partial charge in [0.15, 0.2) is 0 Å². The quantitative estimate of drug-likeness (QED) is 0.881. The number of nitrogens with zero attached hydrogens (tertiary/aromatic N) is 4. The molecule has 144 valence electrons. The molecule has 2 aliphatic heterocycles. The number of hydrogen-bond donors (Lipinski definition) is 1. The summed E-state index contributed by atoms with van der Waals surface area (Å²) in [4.78, 5) is 20.6. The maximum atomic E-state index is 12.3. The lowest BCUT2D eigenvalue weighted by Crippen LogP contribution is -2.57. The van der Waals surface area contributed by atoms with E-state index in [4.69, 9.17) is 9.72 Å². The molecule has 0 radical (unpaired) electrons. The molecular formula is C20H27N5O2. The Kier molecular flexibility index (Phi) is 4.55. The van der Waals surface area contributed by atoms with Gasteiger partial charge in [0.2, 0.25) is 0 Å². The number of piperidine rings is 1. The van der Waals surface area contributed by atoms with E-state index < -0.39 is 0 Å². The summed E-state index contributed by atoms with van der Waals surface area (Å²) in [5, 5.41) is 3.71. The van der Waals surface area contributed by atoms with Crippen molar-refractivity contribution in [3.05, 3.63) is 36.3 Å². The number of amides is 2. The van der Waals surface area contributed by atoms with Crippen molar-refractivity contribution in [2.75, 3.05) is 40.8 Å². The van der Waals surface area contributed by atoms with Crippen LogP contribution in [0, 0.1) is 0 Å². The van der Waals surface area contributed by atoms with E-state index in [0.29, 0.717) is 0 Å². The van der Waals surface area contributed by atoms with Gasteiger partial charge in [-0.25, -0.2) is 9.78 Å². The molecule has 1 aromatic carbocycles. The fourth-order valence-electron chi connectivity index (χ4n) is 4.23. The molecule has 3 heterocycles. The van der Waals surface area contributed by atoms with E-state index in [9.17, 15) is 4.79 Å². The molecule has 0 bridgehead atoms. The molecule has 7 heteroatoms. The Morgan fingerprint density at radius 3 is 2.52 bits per heavy atom. The zero-order chi connectivity index (χ0) is 19.0. The number of aromatic nitrogens is 2. The van der Waals surface area contributed by atoms with E-state index in [0.717, 1.165) is 61.9 Å². The number of imidazole rings is 1. The molecule has 0 unspecified atom stereocenters. The molecule has 0 aliphatic carbocycles. The van der Waals surface area contributed by atoms with Crippen molar-refractivity contribution in [1.82, 2.24) is 24.7 Å². The van der Waals surface area contributed by atoms with Crippen molar-refractivity contribution in [1.29, 1.82) is 0 Å². The average Bonchev–Trinajstić information content (AvgIpc) is 3.14. The van der Waals surface area contributed by atoms with Crippen molar-refractivity contribution in [2.24, 2.45) is 0 Å². The van der Waals surface area contributed by atoms with Gasteiger partial charge in [0.1, 0.15) is 11.6 Å². The third kappa shape index (κ3) is 3.06. The Morgan fingerprint density at radius 1 is 1.19 bits per heavy atom. The van der Waals surface area contributed by atoms with Crippen LogP contribution in [0.1, 0.15) is 18.7 Å². The first kappa shape index (κ1) is 17.9. The molecule has 1 aromatic heterocycles. The Bertz CT molecular complexity index is 819. The minimum atomic E-state index is -0.147. The lowest BCUT2D eigenvalue weighted by molar-refractivity contribution is 0.111. The van der Waals surface area contributed by atoms with Gasteiger partial charge in [-0.2, -0.15) is 0 Å². The van der Waals surface area contributed by atoms with Crippen LogP contribution in [0.2, 0.25) is 0 Å². The molecule has 0 atom stereocenters. The molecule has 1 saturated heterocycles. The predicted molar refractivity (Wildman–Crippen MR) is 104 cm³/mol. The van der Waals surface area contributed by atoms with E-state index in [1.807, 2.05) is 23.2 Å². The van der Waals surface area contributed by atoms with Gasteiger partial charge in [0.25, 0.3) is 0 Å². The average molecular weight is 369 g/mol. The van der Waals surface area contributed by atoms with Gasteiger partial charge >= 0.3 is 6.03 Å². The van der Waals surface area contributed by atoms with Gasteiger partial charge in [0, 0.05) is 45.8 Å². The number of carbonyl (C=O) groups is 1. The van der Waals surface area contributed by atoms with E-state index in [1.54, 1.807) is 26.1 Å². The van der Waals surface area contributed by atoms with Gasteiger partial charge in [-0.1, -0.05) is 0 Å². The number of carbonyl (C=O) groups excluding carboxylic acids is 1. The first-order valence-corrected chi connectivity index (χ1v) is 9.46. The zero-order valence-electron chi connectivity index (χ0n) is 16.2. The van der Waals surface area contributed by atoms with Gasteiger partial charge < -0.3 is 24.4 Å². The number of benzene rings is 1. The van der Waals surface area contributed by atoms with E-state index >= 15 is 0 Å². The van der Waals surface area contributed by atoms with Crippen molar-refractivity contribution in [3.63, 3.8) is 0 Å². The molecule has 0 saturated carbocycles. The molecule has 4 rings (SSSR count). The van der Waals surface area contributed by atoms with Crippen LogP contribution in [0.5, 0.6) is 5.75 Å². The molecule has 27 heavy (non-hydrogen) atoms. The van der Waals surface area contributed by atoms with E-state index in [1.165, 1.54) is 0 Å². The fourth-order valence-corrected chi connectivity index (χ4v) is 4.23. The van der Waals surface area contributed by atoms with Gasteiger partial charge in [-0.15, -0.1) is 0 Å². The third-order valence-corrected chi connectivity index (χ3v) is 5.74. The summed E-state index contributed by atoms with van der Waals surface area (Å²) in [6.07, 6.45) is 3.74. The Balaban J connectivity index is 1.60. The van der Waals surface area contributed by atoms with Crippen LogP contribution < -0.4 is 10.1 Å². The Hall–Kier alpha value is -2.54. The topological polar surface area (TPSA) is 62.6 Å². The molecule has 1 spiro atoms. The third-order valence-electron chi connectivity index (χ3n) is 5.74. The molecule has 2 amide bonds. The van der Waals surface area contributed by atoms with Crippen LogP contribution in [0.4, 0.5) is 4.79 Å². The number of nitrogens with one attached hydrogen (secondary N) is 1. The van der Waals surface area contributed by atoms with Crippen LogP contribution in [0.3, 0.4) is 0 Å². The second-order valence-corrected chi connectivity index (χ2v) is 7.52. The van der Waals surface area contributed by atoms with Crippen molar-refractivity contribution in [2.45, 2.75) is 24.9 Å². The largest absolute Gasteiger partial charge is 0.497 e. The fraction of sp³-hybridized carbons (Fsp3) is 0.500. The predicted octanol–water partition coefficient (Wildman–Crippen LogP) is 2.13.